The molecule has 0 aliphatic carbocycles. The molecule has 0 radical (unpaired) electrons. The molecule has 0 unspecified atom stereocenters. The van der Waals surface area contributed by atoms with Crippen LogP contribution in [-0.2, 0) is 14.3 Å². The van der Waals surface area contributed by atoms with E-state index in [2.05, 4.69) is 6.92 Å². The molecule has 3 heteroatoms. The second kappa shape index (κ2) is 9.52. The number of hydrogen-bond donors (Lipinski definition) is 0. The lowest BCUT2D eigenvalue weighted by Gasteiger charge is -2.03. The van der Waals surface area contributed by atoms with Crippen LogP contribution in [-0.4, -0.2) is 26.3 Å². The summed E-state index contributed by atoms with van der Waals surface area (Å²) in [6, 6.07) is 0. The molecule has 0 rings (SSSR count). The summed E-state index contributed by atoms with van der Waals surface area (Å²) in [5.74, 6) is -0.104. The maximum Gasteiger partial charge on any atom is 0.305 e. The van der Waals surface area contributed by atoms with Crippen LogP contribution in [0.15, 0.2) is 0 Å². The van der Waals surface area contributed by atoms with Crippen molar-refractivity contribution in [2.24, 2.45) is 0 Å². The van der Waals surface area contributed by atoms with E-state index in [-0.39, 0.29) is 5.97 Å². The first-order valence-electron chi connectivity index (χ1n) is 4.95. The van der Waals surface area contributed by atoms with Crippen molar-refractivity contribution in [1.82, 2.24) is 0 Å². The van der Waals surface area contributed by atoms with E-state index in [1.54, 1.807) is 7.11 Å². The van der Waals surface area contributed by atoms with E-state index in [4.69, 9.17) is 9.47 Å². The van der Waals surface area contributed by atoms with Crippen molar-refractivity contribution in [3.8, 4) is 0 Å². The average Bonchev–Trinajstić information content (AvgIpc) is 2.13. The average molecular weight is 188 g/mol. The van der Waals surface area contributed by atoms with E-state index in [1.165, 1.54) is 0 Å². The molecule has 3 nitrogen and oxygen atoms in total. The Morgan fingerprint density at radius 2 is 1.92 bits per heavy atom. The summed E-state index contributed by atoms with van der Waals surface area (Å²) >= 11 is 0. The lowest BCUT2D eigenvalue weighted by Crippen LogP contribution is -2.06. The predicted molar refractivity (Wildman–Crippen MR) is 51.6 cm³/mol. The molecule has 0 atom stereocenters. The van der Waals surface area contributed by atoms with Crippen LogP contribution in [0.1, 0.15) is 39.0 Å². The van der Waals surface area contributed by atoms with E-state index in [9.17, 15) is 4.79 Å². The molecule has 0 aliphatic rings. The number of carbonyl (C=O) groups is 1. The van der Waals surface area contributed by atoms with E-state index < -0.39 is 0 Å². The molecule has 13 heavy (non-hydrogen) atoms. The Kier molecular flexibility index (Phi) is 9.10. The van der Waals surface area contributed by atoms with Gasteiger partial charge >= 0.3 is 5.97 Å². The fourth-order valence-electron chi connectivity index (χ4n) is 0.971. The van der Waals surface area contributed by atoms with Crippen molar-refractivity contribution in [2.45, 2.75) is 39.0 Å². The van der Waals surface area contributed by atoms with Crippen molar-refractivity contribution < 1.29 is 14.3 Å². The SMILES string of the molecule is CCCCCOC(=O)CCCOC. The summed E-state index contributed by atoms with van der Waals surface area (Å²) in [7, 11) is 1.63. The van der Waals surface area contributed by atoms with E-state index in [1.807, 2.05) is 0 Å². The first-order chi connectivity index (χ1) is 6.31. The number of hydrogen-bond acceptors (Lipinski definition) is 3. The second-order valence-electron chi connectivity index (χ2n) is 3.02. The monoisotopic (exact) mass is 188 g/mol. The number of rotatable bonds is 8. The molecule has 0 aromatic rings. The highest BCUT2D eigenvalue weighted by molar-refractivity contribution is 5.69. The highest BCUT2D eigenvalue weighted by atomic mass is 16.5. The maximum absolute atomic E-state index is 11.0. The van der Waals surface area contributed by atoms with Gasteiger partial charge in [0.25, 0.3) is 0 Å². The van der Waals surface area contributed by atoms with Gasteiger partial charge < -0.3 is 9.47 Å². The number of methoxy groups -OCH3 is 1. The van der Waals surface area contributed by atoms with Gasteiger partial charge in [-0.1, -0.05) is 19.8 Å². The largest absolute Gasteiger partial charge is 0.466 e. The van der Waals surface area contributed by atoms with Gasteiger partial charge in [0.05, 0.1) is 6.61 Å². The van der Waals surface area contributed by atoms with E-state index in [0.29, 0.717) is 19.6 Å². The highest BCUT2D eigenvalue weighted by Gasteiger charge is 2.00. The molecule has 0 saturated carbocycles. The quantitative estimate of drug-likeness (QED) is 0.432. The van der Waals surface area contributed by atoms with Crippen LogP contribution in [0, 0.1) is 0 Å². The van der Waals surface area contributed by atoms with E-state index >= 15 is 0 Å². The van der Waals surface area contributed by atoms with Gasteiger partial charge in [0.2, 0.25) is 0 Å². The van der Waals surface area contributed by atoms with Gasteiger partial charge in [-0.25, -0.2) is 0 Å². The smallest absolute Gasteiger partial charge is 0.305 e. The third-order valence-corrected chi connectivity index (χ3v) is 1.74. The summed E-state index contributed by atoms with van der Waals surface area (Å²) in [4.78, 5) is 11.0. The van der Waals surface area contributed by atoms with Gasteiger partial charge in [-0.2, -0.15) is 0 Å². The Hall–Kier alpha value is -0.570. The highest BCUT2D eigenvalue weighted by Crippen LogP contribution is 1.97. The third-order valence-electron chi connectivity index (χ3n) is 1.74. The molecular formula is C10H20O3. The zero-order valence-corrected chi connectivity index (χ0v) is 8.67. The fraction of sp³-hybridized carbons (Fsp3) is 0.900. The zero-order chi connectivity index (χ0) is 9.94. The van der Waals surface area contributed by atoms with Gasteiger partial charge in [-0.15, -0.1) is 0 Å². The number of ether oxygens (including phenoxy) is 2. The van der Waals surface area contributed by atoms with Gasteiger partial charge in [-0.05, 0) is 12.8 Å². The van der Waals surface area contributed by atoms with Crippen molar-refractivity contribution in [3.05, 3.63) is 0 Å². The minimum absolute atomic E-state index is 0.104. The van der Waals surface area contributed by atoms with Crippen LogP contribution >= 0.6 is 0 Å². The minimum Gasteiger partial charge on any atom is -0.466 e. The number of esters is 1. The fourth-order valence-corrected chi connectivity index (χ4v) is 0.971. The van der Waals surface area contributed by atoms with Crippen molar-refractivity contribution in [2.75, 3.05) is 20.3 Å². The standard InChI is InChI=1S/C10H20O3/c1-3-4-5-9-13-10(11)7-6-8-12-2/h3-9H2,1-2H3. The molecule has 0 fully saturated rings. The normalized spacial score (nSPS) is 10.0. The molecule has 78 valence electrons. The Morgan fingerprint density at radius 3 is 2.54 bits per heavy atom. The maximum atomic E-state index is 11.0. The van der Waals surface area contributed by atoms with Crippen LogP contribution < -0.4 is 0 Å². The summed E-state index contributed by atoms with van der Waals surface area (Å²) < 4.78 is 9.82. The summed E-state index contributed by atoms with van der Waals surface area (Å²) in [5, 5.41) is 0. The van der Waals surface area contributed by atoms with Gasteiger partial charge in [-0.3, -0.25) is 4.79 Å². The Bertz CT molecular complexity index is 123. The van der Waals surface area contributed by atoms with Gasteiger partial charge in [0, 0.05) is 20.1 Å². The molecule has 0 heterocycles. The van der Waals surface area contributed by atoms with Crippen LogP contribution in [0.5, 0.6) is 0 Å². The lowest BCUT2D eigenvalue weighted by atomic mass is 10.3. The lowest BCUT2D eigenvalue weighted by molar-refractivity contribution is -0.144. The molecule has 0 aromatic carbocycles. The Balaban J connectivity index is 3.11. The summed E-state index contributed by atoms with van der Waals surface area (Å²) in [6.07, 6.45) is 4.49. The molecular weight excluding hydrogens is 168 g/mol. The van der Waals surface area contributed by atoms with Crippen molar-refractivity contribution in [3.63, 3.8) is 0 Å². The Labute approximate surface area is 80.4 Å². The van der Waals surface area contributed by atoms with Crippen LogP contribution in [0.25, 0.3) is 0 Å². The summed E-state index contributed by atoms with van der Waals surface area (Å²) in [5.41, 5.74) is 0. The summed E-state index contributed by atoms with van der Waals surface area (Å²) in [6.45, 7) is 3.32. The van der Waals surface area contributed by atoms with Gasteiger partial charge in [0.15, 0.2) is 0 Å². The molecule has 0 N–H and O–H groups in total. The molecule has 0 bridgehead atoms. The van der Waals surface area contributed by atoms with Crippen LogP contribution in [0.4, 0.5) is 0 Å². The first kappa shape index (κ1) is 12.4. The third kappa shape index (κ3) is 9.34. The van der Waals surface area contributed by atoms with Gasteiger partial charge in [0.1, 0.15) is 0 Å². The zero-order valence-electron chi connectivity index (χ0n) is 8.67. The van der Waals surface area contributed by atoms with E-state index in [0.717, 1.165) is 25.7 Å². The molecule has 0 saturated heterocycles. The molecule has 0 aliphatic heterocycles. The first-order valence-corrected chi connectivity index (χ1v) is 4.95. The number of carbonyl (C=O) groups excluding carboxylic acids is 1. The van der Waals surface area contributed by atoms with Crippen LogP contribution in [0.3, 0.4) is 0 Å². The topological polar surface area (TPSA) is 35.5 Å². The Morgan fingerprint density at radius 1 is 1.15 bits per heavy atom. The minimum atomic E-state index is -0.104. The molecule has 0 amide bonds. The number of unbranched alkanes of at least 4 members (excludes halogenated alkanes) is 2. The molecule has 0 aromatic heterocycles. The molecule has 0 spiro atoms. The van der Waals surface area contributed by atoms with Crippen LogP contribution in [0.2, 0.25) is 0 Å². The second-order valence-corrected chi connectivity index (χ2v) is 3.02. The predicted octanol–water partition coefficient (Wildman–Crippen LogP) is 2.15. The van der Waals surface area contributed by atoms with Crippen molar-refractivity contribution >= 4 is 5.97 Å². The van der Waals surface area contributed by atoms with Crippen molar-refractivity contribution in [1.29, 1.82) is 0 Å².